The molecule has 1 amide bonds. The highest BCUT2D eigenvalue weighted by Crippen LogP contribution is 2.48. The number of anilines is 1. The molecule has 1 spiro atoms. The quantitative estimate of drug-likeness (QED) is 0.859. The number of para-hydroxylation sites is 1. The van der Waals surface area contributed by atoms with E-state index < -0.39 is 0 Å². The number of amides is 1. The van der Waals surface area contributed by atoms with Crippen LogP contribution in [0, 0.1) is 0 Å². The third-order valence-electron chi connectivity index (χ3n) is 6.43. The second-order valence-corrected chi connectivity index (χ2v) is 8.34. The van der Waals surface area contributed by atoms with Gasteiger partial charge in [0.15, 0.2) is 0 Å². The van der Waals surface area contributed by atoms with Crippen LogP contribution in [0.4, 0.5) is 5.69 Å². The zero-order valence-corrected chi connectivity index (χ0v) is 15.9. The highest BCUT2D eigenvalue weighted by atomic mass is 16.5. The first-order chi connectivity index (χ1) is 13.6. The Labute approximate surface area is 165 Å². The summed E-state index contributed by atoms with van der Waals surface area (Å²) in [6.07, 6.45) is 4.69. The molecule has 28 heavy (non-hydrogen) atoms. The molecule has 2 unspecified atom stereocenters. The molecule has 2 N–H and O–H groups in total. The second kappa shape index (κ2) is 6.82. The standard InChI is InChI=1S/C23H26N2O3/c26-18-10-13-25(15-18)17-8-6-16(7-9-17)22(27)24-20-14-23(11-3-12-23)28-21-5-2-1-4-19(20)21/h1-2,4-9,18,20,26H,3,10-15H2,(H,24,27). The van der Waals surface area contributed by atoms with Crippen molar-refractivity contribution < 1.29 is 14.6 Å². The van der Waals surface area contributed by atoms with Crippen molar-refractivity contribution in [1.82, 2.24) is 5.32 Å². The Morgan fingerprint density at radius 3 is 2.61 bits per heavy atom. The number of carbonyl (C=O) groups is 1. The number of β-amino-alcohol motifs (C(OH)–C–C–N with tert-alkyl or cyclic N) is 1. The maximum Gasteiger partial charge on any atom is 0.251 e. The van der Waals surface area contributed by atoms with Gasteiger partial charge >= 0.3 is 0 Å². The summed E-state index contributed by atoms with van der Waals surface area (Å²) in [7, 11) is 0. The number of hydrogen-bond acceptors (Lipinski definition) is 4. The van der Waals surface area contributed by atoms with Crippen molar-refractivity contribution in [2.45, 2.75) is 49.9 Å². The fourth-order valence-electron chi connectivity index (χ4n) is 4.67. The first kappa shape index (κ1) is 17.6. The van der Waals surface area contributed by atoms with Crippen LogP contribution in [-0.2, 0) is 0 Å². The summed E-state index contributed by atoms with van der Waals surface area (Å²) in [6.45, 7) is 1.51. The maximum absolute atomic E-state index is 12.9. The molecule has 2 aromatic rings. The fraction of sp³-hybridized carbons (Fsp3) is 0.435. The van der Waals surface area contributed by atoms with Gasteiger partial charge in [0.05, 0.1) is 12.1 Å². The Morgan fingerprint density at radius 2 is 1.93 bits per heavy atom. The van der Waals surface area contributed by atoms with Crippen LogP contribution in [0.15, 0.2) is 48.5 Å². The summed E-state index contributed by atoms with van der Waals surface area (Å²) in [5, 5.41) is 13.0. The van der Waals surface area contributed by atoms with E-state index in [0.717, 1.165) is 49.2 Å². The highest BCUT2D eigenvalue weighted by molar-refractivity contribution is 5.94. The van der Waals surface area contributed by atoms with Crippen molar-refractivity contribution in [3.63, 3.8) is 0 Å². The summed E-state index contributed by atoms with van der Waals surface area (Å²) in [6, 6.07) is 15.7. The monoisotopic (exact) mass is 378 g/mol. The minimum absolute atomic E-state index is 0.0221. The number of nitrogens with one attached hydrogen (secondary N) is 1. The third kappa shape index (κ3) is 3.14. The average molecular weight is 378 g/mol. The fourth-order valence-corrected chi connectivity index (χ4v) is 4.67. The van der Waals surface area contributed by atoms with E-state index in [1.807, 2.05) is 48.5 Å². The lowest BCUT2D eigenvalue weighted by Gasteiger charge is -2.48. The minimum Gasteiger partial charge on any atom is -0.487 e. The number of nitrogens with zero attached hydrogens (tertiary/aromatic N) is 1. The topological polar surface area (TPSA) is 61.8 Å². The van der Waals surface area contributed by atoms with Gasteiger partial charge in [-0.3, -0.25) is 4.79 Å². The van der Waals surface area contributed by atoms with E-state index in [9.17, 15) is 9.90 Å². The lowest BCUT2D eigenvalue weighted by Crippen LogP contribution is -2.49. The molecule has 2 fully saturated rings. The number of aliphatic hydroxyl groups excluding tert-OH is 1. The lowest BCUT2D eigenvalue weighted by molar-refractivity contribution is -0.0360. The van der Waals surface area contributed by atoms with E-state index in [1.54, 1.807) is 0 Å². The molecule has 146 valence electrons. The lowest BCUT2D eigenvalue weighted by atomic mass is 9.73. The number of ether oxygens (including phenoxy) is 1. The number of aliphatic hydroxyl groups is 1. The average Bonchev–Trinajstić information content (AvgIpc) is 3.13. The molecule has 1 saturated heterocycles. The summed E-state index contributed by atoms with van der Waals surface area (Å²) in [4.78, 5) is 15.1. The Bertz CT molecular complexity index is 876. The predicted molar refractivity (Wildman–Crippen MR) is 108 cm³/mol. The van der Waals surface area contributed by atoms with Gasteiger partial charge in [-0.25, -0.2) is 0 Å². The summed E-state index contributed by atoms with van der Waals surface area (Å²) in [5.41, 5.74) is 2.68. The highest BCUT2D eigenvalue weighted by Gasteiger charge is 2.45. The van der Waals surface area contributed by atoms with Gasteiger partial charge in [-0.2, -0.15) is 0 Å². The first-order valence-electron chi connectivity index (χ1n) is 10.2. The van der Waals surface area contributed by atoms with Crippen molar-refractivity contribution in [2.75, 3.05) is 18.0 Å². The molecular weight excluding hydrogens is 352 g/mol. The number of fused-ring (bicyclic) bond motifs is 1. The molecule has 0 aromatic heterocycles. The zero-order valence-electron chi connectivity index (χ0n) is 15.9. The van der Waals surface area contributed by atoms with E-state index in [1.165, 1.54) is 6.42 Å². The van der Waals surface area contributed by atoms with Crippen molar-refractivity contribution in [3.8, 4) is 5.75 Å². The molecule has 0 radical (unpaired) electrons. The molecule has 5 rings (SSSR count). The van der Waals surface area contributed by atoms with E-state index in [4.69, 9.17) is 4.74 Å². The molecule has 1 saturated carbocycles. The molecular formula is C23H26N2O3. The van der Waals surface area contributed by atoms with Gasteiger partial charge in [0, 0.05) is 36.3 Å². The molecule has 5 heteroatoms. The van der Waals surface area contributed by atoms with E-state index in [2.05, 4.69) is 10.2 Å². The van der Waals surface area contributed by atoms with Gasteiger partial charge in [-0.15, -0.1) is 0 Å². The van der Waals surface area contributed by atoms with Gasteiger partial charge in [0.2, 0.25) is 0 Å². The smallest absolute Gasteiger partial charge is 0.251 e. The van der Waals surface area contributed by atoms with Gasteiger partial charge in [-0.05, 0) is 56.0 Å². The Hall–Kier alpha value is -2.53. The molecule has 2 aromatic carbocycles. The molecule has 1 aliphatic carbocycles. The van der Waals surface area contributed by atoms with Crippen LogP contribution in [0.5, 0.6) is 5.75 Å². The number of rotatable bonds is 3. The number of benzene rings is 2. The van der Waals surface area contributed by atoms with Crippen molar-refractivity contribution in [3.05, 3.63) is 59.7 Å². The van der Waals surface area contributed by atoms with Crippen LogP contribution in [0.3, 0.4) is 0 Å². The number of carbonyl (C=O) groups excluding carboxylic acids is 1. The Morgan fingerprint density at radius 1 is 1.14 bits per heavy atom. The maximum atomic E-state index is 12.9. The van der Waals surface area contributed by atoms with Crippen molar-refractivity contribution in [2.24, 2.45) is 0 Å². The molecule has 2 atom stereocenters. The third-order valence-corrected chi connectivity index (χ3v) is 6.43. The van der Waals surface area contributed by atoms with Crippen LogP contribution in [0.1, 0.15) is 54.1 Å². The molecule has 5 nitrogen and oxygen atoms in total. The minimum atomic E-state index is -0.254. The normalized spacial score (nSPS) is 25.0. The molecule has 2 aliphatic heterocycles. The van der Waals surface area contributed by atoms with Crippen LogP contribution >= 0.6 is 0 Å². The van der Waals surface area contributed by atoms with Gasteiger partial charge < -0.3 is 20.1 Å². The SMILES string of the molecule is O=C(NC1CC2(CCC2)Oc2ccccc21)c1ccc(N2CCC(O)C2)cc1. The Kier molecular flexibility index (Phi) is 4.27. The predicted octanol–water partition coefficient (Wildman–Crippen LogP) is 3.43. The molecule has 2 heterocycles. The van der Waals surface area contributed by atoms with E-state index >= 15 is 0 Å². The van der Waals surface area contributed by atoms with Crippen LogP contribution in [0.2, 0.25) is 0 Å². The van der Waals surface area contributed by atoms with Gasteiger partial charge in [0.25, 0.3) is 5.91 Å². The van der Waals surface area contributed by atoms with Gasteiger partial charge in [0.1, 0.15) is 11.4 Å². The van der Waals surface area contributed by atoms with Crippen LogP contribution in [0.25, 0.3) is 0 Å². The second-order valence-electron chi connectivity index (χ2n) is 8.34. The largest absolute Gasteiger partial charge is 0.487 e. The zero-order chi connectivity index (χ0) is 19.1. The molecule has 3 aliphatic rings. The van der Waals surface area contributed by atoms with Crippen molar-refractivity contribution in [1.29, 1.82) is 0 Å². The van der Waals surface area contributed by atoms with E-state index in [-0.39, 0.29) is 23.7 Å². The van der Waals surface area contributed by atoms with Crippen LogP contribution < -0.4 is 15.0 Å². The molecule has 0 bridgehead atoms. The summed E-state index contributed by atoms with van der Waals surface area (Å²) in [5.74, 6) is 0.853. The summed E-state index contributed by atoms with van der Waals surface area (Å²) >= 11 is 0. The Balaban J connectivity index is 1.32. The first-order valence-corrected chi connectivity index (χ1v) is 10.2. The van der Waals surface area contributed by atoms with Gasteiger partial charge in [-0.1, -0.05) is 18.2 Å². The number of hydrogen-bond donors (Lipinski definition) is 2. The van der Waals surface area contributed by atoms with Crippen LogP contribution in [-0.4, -0.2) is 35.8 Å². The summed E-state index contributed by atoms with van der Waals surface area (Å²) < 4.78 is 6.28. The van der Waals surface area contributed by atoms with Crippen molar-refractivity contribution >= 4 is 11.6 Å². The van der Waals surface area contributed by atoms with E-state index in [0.29, 0.717) is 12.1 Å².